The zero-order valence-corrected chi connectivity index (χ0v) is 18.4. The molecule has 3 atom stereocenters. The first kappa shape index (κ1) is 25.6. The summed E-state index contributed by atoms with van der Waals surface area (Å²) < 4.78 is 26.8. The second-order valence-electron chi connectivity index (χ2n) is 5.78. The lowest BCUT2D eigenvalue weighted by atomic mass is 10.1. The third-order valence-electron chi connectivity index (χ3n) is 3.92. The predicted octanol–water partition coefficient (Wildman–Crippen LogP) is 2.49. The zero-order chi connectivity index (χ0) is 18.8. The van der Waals surface area contributed by atoms with Gasteiger partial charge in [0.1, 0.15) is 0 Å². The summed E-state index contributed by atoms with van der Waals surface area (Å²) in [6, 6.07) is 0. The lowest BCUT2D eigenvalue weighted by Crippen LogP contribution is -2.20. The van der Waals surface area contributed by atoms with Crippen molar-refractivity contribution in [2.45, 2.75) is 44.4 Å². The van der Waals surface area contributed by atoms with Gasteiger partial charge in [-0.15, -0.1) is 17.2 Å². The summed E-state index contributed by atoms with van der Waals surface area (Å²) in [5.41, 5.74) is 5.58. The molecule has 0 spiro atoms. The van der Waals surface area contributed by atoms with E-state index in [4.69, 9.17) is 29.4 Å². The minimum Gasteiger partial charge on any atom is -0.377 e. The minimum atomic E-state index is -0.0780. The highest BCUT2D eigenvalue weighted by Crippen LogP contribution is 2.21. The van der Waals surface area contributed by atoms with E-state index in [0.29, 0.717) is 19.3 Å². The summed E-state index contributed by atoms with van der Waals surface area (Å²) in [5, 5.41) is 0. The fraction of sp³-hybridized carbons (Fsp3) is 1.00. The van der Waals surface area contributed by atoms with Gasteiger partial charge in [-0.25, -0.2) is 0 Å². The summed E-state index contributed by atoms with van der Waals surface area (Å²) >= 11 is 0. The van der Waals surface area contributed by atoms with Crippen molar-refractivity contribution >= 4 is 17.2 Å². The molecule has 6 nitrogen and oxygen atoms in total. The third kappa shape index (κ3) is 15.4. The topological polar surface area (TPSA) is 72.2 Å². The lowest BCUT2D eigenvalue weighted by molar-refractivity contribution is -0.0848. The van der Waals surface area contributed by atoms with E-state index in [2.05, 4.69) is 0 Å². The lowest BCUT2D eigenvalue weighted by Gasteiger charge is -2.19. The smallest absolute Gasteiger partial charge is 0.160 e. The average molecular weight is 399 g/mol. The van der Waals surface area contributed by atoms with Crippen LogP contribution in [0.15, 0.2) is 0 Å². The Bertz CT molecular complexity index is 269. The van der Waals surface area contributed by atoms with Crippen LogP contribution in [0.4, 0.5) is 0 Å². The van der Waals surface area contributed by atoms with Crippen molar-refractivity contribution in [1.29, 1.82) is 0 Å². The fourth-order valence-electron chi connectivity index (χ4n) is 2.40. The van der Waals surface area contributed by atoms with Crippen molar-refractivity contribution in [1.82, 2.24) is 0 Å². The monoisotopic (exact) mass is 399 g/mol. The third-order valence-corrected chi connectivity index (χ3v) is 6.51. The van der Waals surface area contributed by atoms with E-state index in [1.54, 1.807) is 28.4 Å². The molecule has 0 amide bonds. The first-order chi connectivity index (χ1) is 12.2. The number of nitrogens with two attached hydrogens (primary N) is 1. The molecule has 0 aliphatic heterocycles. The van der Waals surface area contributed by atoms with Gasteiger partial charge in [0.15, 0.2) is 12.6 Å². The predicted molar refractivity (Wildman–Crippen MR) is 109 cm³/mol. The average Bonchev–Trinajstić information content (AvgIpc) is 2.64. The second-order valence-corrected chi connectivity index (χ2v) is 8.59. The van der Waals surface area contributed by atoms with Gasteiger partial charge in [-0.1, -0.05) is 6.42 Å². The van der Waals surface area contributed by atoms with Crippen molar-refractivity contribution in [3.63, 3.8) is 0 Å². The van der Waals surface area contributed by atoms with Crippen LogP contribution in [0.1, 0.15) is 25.7 Å². The second kappa shape index (κ2) is 19.4. The van der Waals surface area contributed by atoms with Crippen molar-refractivity contribution in [2.24, 2.45) is 5.73 Å². The molecule has 0 aliphatic rings. The van der Waals surface area contributed by atoms with Crippen LogP contribution in [-0.4, -0.2) is 84.9 Å². The Balaban J connectivity index is 3.80. The Morgan fingerprint density at radius 3 is 1.84 bits per heavy atom. The molecule has 0 aliphatic carbocycles. The maximum atomic E-state index is 5.91. The molecule has 3 unspecified atom stereocenters. The summed E-state index contributed by atoms with van der Waals surface area (Å²) in [7, 11) is 8.50. The Hall–Kier alpha value is 0.620. The number of ether oxygens (including phenoxy) is 5. The van der Waals surface area contributed by atoms with E-state index >= 15 is 0 Å². The van der Waals surface area contributed by atoms with Gasteiger partial charge in [0.05, 0.1) is 12.7 Å². The maximum absolute atomic E-state index is 5.91. The van der Waals surface area contributed by atoms with E-state index in [0.717, 1.165) is 48.5 Å². The molecule has 25 heavy (non-hydrogen) atoms. The van der Waals surface area contributed by atoms with Gasteiger partial charge >= 0.3 is 0 Å². The molecule has 0 aromatic heterocycles. The molecule has 0 rings (SSSR count). The van der Waals surface area contributed by atoms with Crippen molar-refractivity contribution < 1.29 is 23.7 Å². The Morgan fingerprint density at radius 1 is 0.760 bits per heavy atom. The van der Waals surface area contributed by atoms with Crippen molar-refractivity contribution in [3.8, 4) is 0 Å². The SMILES string of the molecule is COC(CPCCCCC(CCPCC(OC)OC)OCCN)OC. The van der Waals surface area contributed by atoms with Crippen molar-refractivity contribution in [2.75, 3.05) is 66.2 Å². The summed E-state index contributed by atoms with van der Waals surface area (Å²) in [6.07, 6.45) is 9.18. The van der Waals surface area contributed by atoms with E-state index in [9.17, 15) is 0 Å². The number of hydrogen-bond acceptors (Lipinski definition) is 6. The standard InChI is InChI=1S/C17H39NO5P2/c1-19-16(20-2)13-24-11-6-5-7-15(23-10-9-18)8-12-25-14-17(21-3)22-4/h15-17,24-25H,5-14,18H2,1-4H3. The Labute approximate surface area is 157 Å². The molecule has 0 saturated carbocycles. The molecular weight excluding hydrogens is 360 g/mol. The number of rotatable bonds is 19. The van der Waals surface area contributed by atoms with E-state index in [-0.39, 0.29) is 12.6 Å². The van der Waals surface area contributed by atoms with Gasteiger partial charge in [-0.2, -0.15) is 0 Å². The van der Waals surface area contributed by atoms with E-state index in [1.807, 2.05) is 0 Å². The van der Waals surface area contributed by atoms with Crippen LogP contribution in [-0.2, 0) is 23.7 Å². The molecule has 0 radical (unpaired) electrons. The number of unbranched alkanes of at least 4 members (excludes halogenated alkanes) is 1. The molecule has 0 fully saturated rings. The highest BCUT2D eigenvalue weighted by atomic mass is 31.1. The molecule has 8 heteroatoms. The molecule has 152 valence electrons. The molecule has 0 aromatic carbocycles. The zero-order valence-electron chi connectivity index (χ0n) is 16.4. The highest BCUT2D eigenvalue weighted by molar-refractivity contribution is 7.38. The summed E-state index contributed by atoms with van der Waals surface area (Å²) in [5.74, 6) is 0. The number of hydrogen-bond donors (Lipinski definition) is 1. The van der Waals surface area contributed by atoms with Gasteiger partial charge < -0.3 is 29.4 Å². The van der Waals surface area contributed by atoms with Gasteiger partial charge in [-0.3, -0.25) is 0 Å². The van der Waals surface area contributed by atoms with Gasteiger partial charge in [-0.05, 0) is 31.6 Å². The number of methoxy groups -OCH3 is 4. The van der Waals surface area contributed by atoms with Crippen LogP contribution >= 0.6 is 17.2 Å². The first-order valence-electron chi connectivity index (χ1n) is 9.06. The molecule has 0 aromatic rings. The molecule has 0 heterocycles. The molecule has 0 bridgehead atoms. The maximum Gasteiger partial charge on any atom is 0.160 e. The molecule has 0 saturated heterocycles. The highest BCUT2D eigenvalue weighted by Gasteiger charge is 2.10. The first-order valence-corrected chi connectivity index (χ1v) is 11.9. The minimum absolute atomic E-state index is 0.0528. The van der Waals surface area contributed by atoms with Crippen LogP contribution < -0.4 is 5.73 Å². The van der Waals surface area contributed by atoms with Gasteiger partial charge in [0.2, 0.25) is 0 Å². The van der Waals surface area contributed by atoms with Gasteiger partial charge in [0.25, 0.3) is 0 Å². The normalized spacial score (nSPS) is 14.0. The van der Waals surface area contributed by atoms with Crippen LogP contribution in [0, 0.1) is 0 Å². The van der Waals surface area contributed by atoms with Gasteiger partial charge in [0, 0.05) is 47.3 Å². The van der Waals surface area contributed by atoms with Crippen molar-refractivity contribution in [3.05, 3.63) is 0 Å². The van der Waals surface area contributed by atoms with Crippen LogP contribution in [0.3, 0.4) is 0 Å². The van der Waals surface area contributed by atoms with Crippen LogP contribution in [0.2, 0.25) is 0 Å². The quantitative estimate of drug-likeness (QED) is 0.204. The van der Waals surface area contributed by atoms with Crippen LogP contribution in [0.5, 0.6) is 0 Å². The fourth-order valence-corrected chi connectivity index (χ4v) is 4.97. The Morgan fingerprint density at radius 2 is 1.32 bits per heavy atom. The largest absolute Gasteiger partial charge is 0.377 e. The summed E-state index contributed by atoms with van der Waals surface area (Å²) in [4.78, 5) is 0. The molecular formula is C17H39NO5P2. The van der Waals surface area contributed by atoms with Crippen LogP contribution in [0.25, 0.3) is 0 Å². The summed E-state index contributed by atoms with van der Waals surface area (Å²) in [6.45, 7) is 1.24. The molecule has 2 N–H and O–H groups in total. The van der Waals surface area contributed by atoms with E-state index < -0.39 is 0 Å². The Kier molecular flexibility index (Phi) is 19.9. The van der Waals surface area contributed by atoms with E-state index in [1.165, 1.54) is 19.0 Å².